The average Bonchev–Trinajstić information content (AvgIpc) is 2.81. The van der Waals surface area contributed by atoms with Crippen LogP contribution in [0.5, 0.6) is 0 Å². The lowest BCUT2D eigenvalue weighted by molar-refractivity contribution is -0.384. The Balaban J connectivity index is 1.95. The lowest BCUT2D eigenvalue weighted by Gasteiger charge is -2.31. The number of allylic oxidation sites excluding steroid dienone is 1. The van der Waals surface area contributed by atoms with E-state index in [1.165, 1.54) is 25.3 Å². The second-order valence-corrected chi connectivity index (χ2v) is 7.61. The van der Waals surface area contributed by atoms with Crippen molar-refractivity contribution in [3.8, 4) is 0 Å². The van der Waals surface area contributed by atoms with Crippen LogP contribution in [0.15, 0.2) is 76.9 Å². The van der Waals surface area contributed by atoms with E-state index in [9.17, 15) is 19.7 Å². The predicted molar refractivity (Wildman–Crippen MR) is 126 cm³/mol. The van der Waals surface area contributed by atoms with Crippen LogP contribution in [0.1, 0.15) is 30.9 Å². The second-order valence-electron chi connectivity index (χ2n) is 7.61. The first kappa shape index (κ1) is 23.6. The van der Waals surface area contributed by atoms with Gasteiger partial charge >= 0.3 is 5.97 Å². The van der Waals surface area contributed by atoms with Crippen LogP contribution in [-0.4, -0.2) is 36.2 Å². The van der Waals surface area contributed by atoms with E-state index in [2.05, 4.69) is 10.3 Å². The summed E-state index contributed by atoms with van der Waals surface area (Å²) in [4.78, 5) is 41.1. The van der Waals surface area contributed by atoms with Gasteiger partial charge in [-0.25, -0.2) is 0 Å². The maximum atomic E-state index is 13.2. The highest BCUT2D eigenvalue weighted by atomic mass is 16.6. The Hall–Kier alpha value is -4.07. The number of esters is 1. The fraction of sp³-hybridized carbons (Fsp3) is 0.240. The maximum absolute atomic E-state index is 13.2. The van der Waals surface area contributed by atoms with Gasteiger partial charge < -0.3 is 10.1 Å². The van der Waals surface area contributed by atoms with Crippen molar-refractivity contribution in [1.29, 1.82) is 0 Å². The molecule has 8 heteroatoms. The molecule has 170 valence electrons. The minimum Gasteiger partial charge on any atom is -0.468 e. The molecule has 0 fully saturated rings. The van der Waals surface area contributed by atoms with Gasteiger partial charge in [0.05, 0.1) is 12.0 Å². The van der Waals surface area contributed by atoms with Gasteiger partial charge in [-0.1, -0.05) is 54.6 Å². The highest BCUT2D eigenvalue weighted by Crippen LogP contribution is 2.40. The molecule has 2 unspecified atom stereocenters. The lowest BCUT2D eigenvalue weighted by atomic mass is 9.75. The number of rotatable bonds is 7. The number of hydrogen-bond acceptors (Lipinski definition) is 6. The summed E-state index contributed by atoms with van der Waals surface area (Å²) in [5.74, 6) is -2.60. The molecule has 0 spiro atoms. The number of carbonyl (C=O) groups is 2. The number of nitro benzene ring substituents is 1. The fourth-order valence-corrected chi connectivity index (χ4v) is 3.96. The van der Waals surface area contributed by atoms with Gasteiger partial charge in [0.25, 0.3) is 5.69 Å². The zero-order chi connectivity index (χ0) is 24.0. The summed E-state index contributed by atoms with van der Waals surface area (Å²) in [7, 11) is 1.26. The minimum atomic E-state index is -0.874. The zero-order valence-electron chi connectivity index (χ0n) is 18.6. The molecule has 1 aliphatic heterocycles. The van der Waals surface area contributed by atoms with Gasteiger partial charge in [-0.05, 0) is 25.0 Å². The molecule has 1 N–H and O–H groups in total. The molecule has 0 radical (unpaired) electrons. The number of nitrogens with zero attached hydrogens (tertiary/aromatic N) is 2. The van der Waals surface area contributed by atoms with Gasteiger partial charge in [0.2, 0.25) is 5.91 Å². The van der Waals surface area contributed by atoms with E-state index in [-0.39, 0.29) is 17.8 Å². The highest BCUT2D eigenvalue weighted by Gasteiger charge is 2.41. The minimum absolute atomic E-state index is 0.125. The smallest absolute Gasteiger partial charge is 0.315 e. The Morgan fingerprint density at radius 1 is 1.15 bits per heavy atom. The van der Waals surface area contributed by atoms with Crippen molar-refractivity contribution in [3.63, 3.8) is 0 Å². The molecule has 3 rings (SSSR count). The molecule has 2 aromatic carbocycles. The molecule has 1 aliphatic rings. The Bertz CT molecular complexity index is 1150. The molecule has 0 aliphatic carbocycles. The van der Waals surface area contributed by atoms with E-state index in [1.807, 2.05) is 42.5 Å². The Morgan fingerprint density at radius 2 is 1.88 bits per heavy atom. The molecule has 33 heavy (non-hydrogen) atoms. The number of carbonyl (C=O) groups excluding carboxylic acids is 2. The van der Waals surface area contributed by atoms with Crippen LogP contribution in [0.2, 0.25) is 0 Å². The number of aliphatic imine (C=N–C) groups is 1. The molecule has 2 aromatic rings. The fourth-order valence-electron chi connectivity index (χ4n) is 3.96. The summed E-state index contributed by atoms with van der Waals surface area (Å²) < 4.78 is 4.98. The van der Waals surface area contributed by atoms with Crippen molar-refractivity contribution in [1.82, 2.24) is 5.32 Å². The van der Waals surface area contributed by atoms with Crippen molar-refractivity contribution in [2.75, 3.05) is 13.7 Å². The van der Waals surface area contributed by atoms with E-state index in [0.29, 0.717) is 17.0 Å². The summed E-state index contributed by atoms with van der Waals surface area (Å²) in [6.07, 6.45) is 3.71. The molecule has 0 saturated heterocycles. The molecule has 0 saturated carbocycles. The van der Waals surface area contributed by atoms with Crippen molar-refractivity contribution in [2.45, 2.75) is 19.8 Å². The maximum Gasteiger partial charge on any atom is 0.315 e. The van der Waals surface area contributed by atoms with Crippen LogP contribution in [0.3, 0.4) is 0 Å². The Kier molecular flexibility index (Phi) is 7.50. The number of benzene rings is 2. The van der Waals surface area contributed by atoms with E-state index < -0.39 is 28.6 Å². The average molecular weight is 447 g/mol. The van der Waals surface area contributed by atoms with Crippen LogP contribution in [-0.2, 0) is 14.3 Å². The van der Waals surface area contributed by atoms with E-state index >= 15 is 0 Å². The van der Waals surface area contributed by atoms with Gasteiger partial charge in [0, 0.05) is 41.6 Å². The van der Waals surface area contributed by atoms with Gasteiger partial charge in [0.1, 0.15) is 5.92 Å². The zero-order valence-corrected chi connectivity index (χ0v) is 18.6. The molecule has 8 nitrogen and oxygen atoms in total. The van der Waals surface area contributed by atoms with Crippen molar-refractivity contribution in [2.24, 2.45) is 10.9 Å². The largest absolute Gasteiger partial charge is 0.468 e. The van der Waals surface area contributed by atoms with Crippen LogP contribution >= 0.6 is 0 Å². The summed E-state index contributed by atoms with van der Waals surface area (Å²) in [6, 6.07) is 15.6. The number of nitro groups is 1. The van der Waals surface area contributed by atoms with Crippen molar-refractivity contribution >= 4 is 29.4 Å². The summed E-state index contributed by atoms with van der Waals surface area (Å²) in [5, 5.41) is 14.2. The van der Waals surface area contributed by atoms with E-state index in [1.54, 1.807) is 19.9 Å². The van der Waals surface area contributed by atoms with Crippen molar-refractivity contribution < 1.29 is 19.2 Å². The molecular formula is C25H25N3O5. The van der Waals surface area contributed by atoms with Gasteiger partial charge in [-0.3, -0.25) is 24.7 Å². The topological polar surface area (TPSA) is 111 Å². The molecule has 1 heterocycles. The molecule has 1 amide bonds. The standard InChI is InChI=1S/C25H25N3O5/c1-16-21(24(29)26-14-8-11-18-9-5-4-6-10-18)23(22(17(2)27-16)25(30)33-3)19-12-7-13-20(15-19)28(31)32/h4-13,15,22-23H,14H2,1-3H3,(H,26,29). The van der Waals surface area contributed by atoms with Gasteiger partial charge in [-0.15, -0.1) is 0 Å². The quantitative estimate of drug-likeness (QED) is 0.391. The number of non-ortho nitro benzene ring substituents is 1. The third-order valence-electron chi connectivity index (χ3n) is 5.46. The van der Waals surface area contributed by atoms with Gasteiger partial charge in [-0.2, -0.15) is 0 Å². The van der Waals surface area contributed by atoms with Crippen LogP contribution in [0.4, 0.5) is 5.69 Å². The predicted octanol–water partition coefficient (Wildman–Crippen LogP) is 4.05. The molecule has 0 aromatic heterocycles. The van der Waals surface area contributed by atoms with Crippen LogP contribution < -0.4 is 5.32 Å². The van der Waals surface area contributed by atoms with Crippen LogP contribution in [0, 0.1) is 16.0 Å². The number of methoxy groups -OCH3 is 1. The van der Waals surface area contributed by atoms with E-state index in [0.717, 1.165) is 5.56 Å². The first-order valence-corrected chi connectivity index (χ1v) is 10.4. The summed E-state index contributed by atoms with van der Waals surface area (Å²) >= 11 is 0. The Morgan fingerprint density at radius 3 is 2.55 bits per heavy atom. The second kappa shape index (κ2) is 10.5. The van der Waals surface area contributed by atoms with Gasteiger partial charge in [0.15, 0.2) is 0 Å². The normalized spacial score (nSPS) is 18.1. The third kappa shape index (κ3) is 5.41. The first-order valence-electron chi connectivity index (χ1n) is 10.4. The molecule has 2 atom stereocenters. The highest BCUT2D eigenvalue weighted by molar-refractivity contribution is 6.08. The number of nitrogens with one attached hydrogen (secondary N) is 1. The molecular weight excluding hydrogens is 422 g/mol. The van der Waals surface area contributed by atoms with E-state index in [4.69, 9.17) is 4.74 Å². The number of amides is 1. The third-order valence-corrected chi connectivity index (χ3v) is 5.46. The van der Waals surface area contributed by atoms with Crippen molar-refractivity contribution in [3.05, 3.63) is 93.2 Å². The SMILES string of the molecule is COC(=O)C1C(C)=NC(C)=C(C(=O)NCC=Cc2ccccc2)C1c1cccc([N+](=O)[O-])c1. The summed E-state index contributed by atoms with van der Waals surface area (Å²) in [6.45, 7) is 3.64. The first-order chi connectivity index (χ1) is 15.8. The molecule has 0 bridgehead atoms. The Labute approximate surface area is 191 Å². The monoisotopic (exact) mass is 447 g/mol. The number of hydrogen-bond donors (Lipinski definition) is 1. The summed E-state index contributed by atoms with van der Waals surface area (Å²) in [5.41, 5.74) is 2.56. The lowest BCUT2D eigenvalue weighted by Crippen LogP contribution is -2.39. The number of ether oxygens (including phenoxy) is 1. The van der Waals surface area contributed by atoms with Crippen LogP contribution in [0.25, 0.3) is 6.08 Å².